The van der Waals surface area contributed by atoms with Crippen LogP contribution in [0, 0.1) is 0 Å². The Hall–Kier alpha value is -1.91. The van der Waals surface area contributed by atoms with Crippen LogP contribution in [0.2, 0.25) is 5.02 Å². The maximum atomic E-state index is 12.5. The number of hydroxylamine groups is 2. The Morgan fingerprint density at radius 1 is 1.05 bits per heavy atom. The third kappa shape index (κ3) is 2.38. The molecule has 0 saturated carbocycles. The number of imide groups is 1. The predicted octanol–water partition coefficient (Wildman–Crippen LogP) is 4.21. The van der Waals surface area contributed by atoms with E-state index in [4.69, 9.17) is 16.4 Å². The number of hydrogen-bond acceptors (Lipinski definition) is 3. The van der Waals surface area contributed by atoms with Crippen LogP contribution in [0.4, 0.5) is 0 Å². The molecule has 2 amide bonds. The highest BCUT2D eigenvalue weighted by molar-refractivity contribution is 6.37. The number of rotatable bonds is 5. The summed E-state index contributed by atoms with van der Waals surface area (Å²) in [5, 5.41) is 2.72. The predicted molar refractivity (Wildman–Crippen MR) is 84.9 cm³/mol. The summed E-state index contributed by atoms with van der Waals surface area (Å²) in [4.78, 5) is 30.5. The van der Waals surface area contributed by atoms with E-state index >= 15 is 0 Å². The van der Waals surface area contributed by atoms with Crippen LogP contribution in [-0.2, 0) is 4.84 Å². The second-order valence-corrected chi connectivity index (χ2v) is 5.68. The van der Waals surface area contributed by atoms with Crippen molar-refractivity contribution in [1.29, 1.82) is 0 Å². The van der Waals surface area contributed by atoms with E-state index in [0.717, 1.165) is 24.3 Å². The van der Waals surface area contributed by atoms with Crippen molar-refractivity contribution in [1.82, 2.24) is 5.06 Å². The van der Waals surface area contributed by atoms with E-state index in [2.05, 4.69) is 6.92 Å². The van der Waals surface area contributed by atoms with Crippen LogP contribution in [0.25, 0.3) is 10.8 Å². The first-order valence-corrected chi connectivity index (χ1v) is 7.76. The lowest BCUT2D eigenvalue weighted by Gasteiger charge is -2.26. The molecule has 22 heavy (non-hydrogen) atoms. The van der Waals surface area contributed by atoms with E-state index < -0.39 is 11.8 Å². The number of amides is 2. The molecule has 0 aliphatic carbocycles. The SMILES string of the molecule is CCCCCON1C(=O)c2cccc3c(Cl)ccc(c23)C1=O. The number of carbonyl (C=O) groups is 2. The lowest BCUT2D eigenvalue weighted by molar-refractivity contribution is -0.0960. The molecule has 4 nitrogen and oxygen atoms in total. The standard InChI is InChI=1S/C17H16ClNO3/c1-2-3-4-10-22-19-16(20)12-7-5-6-11-14(18)9-8-13(15(11)12)17(19)21/h5-9H,2-4,10H2,1H3. The summed E-state index contributed by atoms with van der Waals surface area (Å²) in [7, 11) is 0. The van der Waals surface area contributed by atoms with Gasteiger partial charge in [-0.3, -0.25) is 14.4 Å². The Morgan fingerprint density at radius 2 is 1.77 bits per heavy atom. The van der Waals surface area contributed by atoms with Gasteiger partial charge in [0.2, 0.25) is 0 Å². The minimum atomic E-state index is -0.429. The molecule has 0 saturated heterocycles. The molecule has 0 unspecified atom stereocenters. The molecule has 0 radical (unpaired) electrons. The minimum absolute atomic E-state index is 0.351. The van der Waals surface area contributed by atoms with E-state index in [1.165, 1.54) is 0 Å². The first-order valence-electron chi connectivity index (χ1n) is 7.38. The van der Waals surface area contributed by atoms with Gasteiger partial charge in [0.05, 0.1) is 17.7 Å². The fourth-order valence-corrected chi connectivity index (χ4v) is 2.88. The van der Waals surface area contributed by atoms with Gasteiger partial charge in [-0.2, -0.15) is 0 Å². The molecule has 0 N–H and O–H groups in total. The molecule has 0 fully saturated rings. The monoisotopic (exact) mass is 317 g/mol. The molecule has 1 aliphatic heterocycles. The Balaban J connectivity index is 2.00. The zero-order chi connectivity index (χ0) is 15.7. The van der Waals surface area contributed by atoms with Gasteiger partial charge in [-0.05, 0) is 24.6 Å². The van der Waals surface area contributed by atoms with Gasteiger partial charge in [-0.25, -0.2) is 0 Å². The smallest absolute Gasteiger partial charge is 0.266 e. The summed E-state index contributed by atoms with van der Waals surface area (Å²) in [5.74, 6) is -0.858. The fraction of sp³-hybridized carbons (Fsp3) is 0.294. The van der Waals surface area contributed by atoms with Crippen molar-refractivity contribution in [2.45, 2.75) is 26.2 Å². The summed E-state index contributed by atoms with van der Waals surface area (Å²) in [6.07, 6.45) is 2.86. The van der Waals surface area contributed by atoms with Crippen LogP contribution < -0.4 is 0 Å². The average Bonchev–Trinajstić information content (AvgIpc) is 2.53. The van der Waals surface area contributed by atoms with Crippen molar-refractivity contribution in [3.8, 4) is 0 Å². The van der Waals surface area contributed by atoms with Gasteiger partial charge in [-0.1, -0.05) is 43.5 Å². The van der Waals surface area contributed by atoms with Gasteiger partial charge in [0.1, 0.15) is 0 Å². The van der Waals surface area contributed by atoms with Gasteiger partial charge >= 0.3 is 0 Å². The second kappa shape index (κ2) is 6.07. The summed E-state index contributed by atoms with van der Waals surface area (Å²) in [5.41, 5.74) is 0.898. The Kier molecular flexibility index (Phi) is 4.14. The molecule has 2 aromatic rings. The molecule has 0 aromatic heterocycles. The second-order valence-electron chi connectivity index (χ2n) is 5.27. The van der Waals surface area contributed by atoms with Crippen molar-refractivity contribution >= 4 is 34.2 Å². The van der Waals surface area contributed by atoms with Crippen molar-refractivity contribution < 1.29 is 14.4 Å². The molecular formula is C17H16ClNO3. The van der Waals surface area contributed by atoms with E-state index in [1.807, 2.05) is 6.07 Å². The molecule has 0 spiro atoms. The van der Waals surface area contributed by atoms with Gasteiger partial charge in [0.25, 0.3) is 11.8 Å². The molecule has 1 aliphatic rings. The summed E-state index contributed by atoms with van der Waals surface area (Å²) >= 11 is 6.16. The van der Waals surface area contributed by atoms with Gasteiger partial charge < -0.3 is 0 Å². The Labute approximate surface area is 133 Å². The molecular weight excluding hydrogens is 302 g/mol. The molecule has 1 heterocycles. The summed E-state index contributed by atoms with van der Waals surface area (Å²) in [6, 6.07) is 8.58. The summed E-state index contributed by atoms with van der Waals surface area (Å²) in [6.45, 7) is 2.43. The number of hydrogen-bond donors (Lipinski definition) is 0. The van der Waals surface area contributed by atoms with Crippen LogP contribution in [0.5, 0.6) is 0 Å². The number of nitrogens with zero attached hydrogens (tertiary/aromatic N) is 1. The van der Waals surface area contributed by atoms with Crippen molar-refractivity contribution in [2.75, 3.05) is 6.61 Å². The minimum Gasteiger partial charge on any atom is -0.266 e. The first kappa shape index (κ1) is 15.0. The Bertz CT molecular complexity index is 735. The lowest BCUT2D eigenvalue weighted by Crippen LogP contribution is -2.40. The highest BCUT2D eigenvalue weighted by Gasteiger charge is 2.34. The normalized spacial score (nSPS) is 14.0. The third-order valence-electron chi connectivity index (χ3n) is 3.79. The van der Waals surface area contributed by atoms with Crippen molar-refractivity contribution in [3.63, 3.8) is 0 Å². The first-order chi connectivity index (χ1) is 10.6. The van der Waals surface area contributed by atoms with E-state index in [-0.39, 0.29) is 0 Å². The van der Waals surface area contributed by atoms with E-state index in [0.29, 0.717) is 33.5 Å². The van der Waals surface area contributed by atoms with Crippen molar-refractivity contribution in [2.24, 2.45) is 0 Å². The molecule has 114 valence electrons. The van der Waals surface area contributed by atoms with E-state index in [1.54, 1.807) is 24.3 Å². The number of carbonyl (C=O) groups excluding carboxylic acids is 2. The zero-order valence-electron chi connectivity index (χ0n) is 12.3. The van der Waals surface area contributed by atoms with E-state index in [9.17, 15) is 9.59 Å². The highest BCUT2D eigenvalue weighted by atomic mass is 35.5. The summed E-state index contributed by atoms with van der Waals surface area (Å²) < 4.78 is 0. The van der Waals surface area contributed by atoms with Gasteiger partial charge in [0.15, 0.2) is 0 Å². The van der Waals surface area contributed by atoms with Crippen LogP contribution >= 0.6 is 11.6 Å². The maximum absolute atomic E-state index is 12.5. The van der Waals surface area contributed by atoms with Crippen LogP contribution in [0.1, 0.15) is 46.9 Å². The number of benzene rings is 2. The zero-order valence-corrected chi connectivity index (χ0v) is 13.0. The molecule has 5 heteroatoms. The molecule has 0 bridgehead atoms. The maximum Gasteiger partial charge on any atom is 0.285 e. The Morgan fingerprint density at radius 3 is 2.50 bits per heavy atom. The topological polar surface area (TPSA) is 46.6 Å². The number of unbranched alkanes of at least 4 members (excludes halogenated alkanes) is 2. The van der Waals surface area contributed by atoms with Crippen LogP contribution in [0.15, 0.2) is 30.3 Å². The molecule has 2 aromatic carbocycles. The quantitative estimate of drug-likeness (QED) is 0.613. The van der Waals surface area contributed by atoms with Gasteiger partial charge in [-0.15, -0.1) is 5.06 Å². The molecule has 3 rings (SSSR count). The largest absolute Gasteiger partial charge is 0.285 e. The number of halogens is 1. The van der Waals surface area contributed by atoms with Crippen LogP contribution in [0.3, 0.4) is 0 Å². The van der Waals surface area contributed by atoms with Crippen molar-refractivity contribution in [3.05, 3.63) is 46.5 Å². The fourth-order valence-electron chi connectivity index (χ4n) is 2.66. The lowest BCUT2D eigenvalue weighted by atomic mass is 9.95. The highest BCUT2D eigenvalue weighted by Crippen LogP contribution is 2.34. The molecule has 0 atom stereocenters. The van der Waals surface area contributed by atoms with Crippen LogP contribution in [-0.4, -0.2) is 23.5 Å². The average molecular weight is 318 g/mol. The van der Waals surface area contributed by atoms with Gasteiger partial charge in [0, 0.05) is 15.8 Å². The third-order valence-corrected chi connectivity index (χ3v) is 4.12.